The molecule has 2 heterocycles. The van der Waals surface area contributed by atoms with Gasteiger partial charge >= 0.3 is 0 Å². The first kappa shape index (κ1) is 18.3. The Morgan fingerprint density at radius 3 is 2.24 bits per heavy atom. The number of anilines is 3. The van der Waals surface area contributed by atoms with Crippen LogP contribution in [0.3, 0.4) is 0 Å². The van der Waals surface area contributed by atoms with Crippen molar-refractivity contribution in [1.29, 1.82) is 0 Å². The van der Waals surface area contributed by atoms with Crippen molar-refractivity contribution in [1.82, 2.24) is 9.80 Å². The lowest BCUT2D eigenvalue weighted by molar-refractivity contribution is 0.0982. The summed E-state index contributed by atoms with van der Waals surface area (Å²) in [7, 11) is 6.37. The number of likely N-dealkylation sites (N-methyl/N-ethyl adjacent to an activating group) is 1. The van der Waals surface area contributed by atoms with Gasteiger partial charge in [0.25, 0.3) is 0 Å². The van der Waals surface area contributed by atoms with E-state index in [0.717, 1.165) is 36.9 Å². The average Bonchev–Trinajstić information content (AvgIpc) is 2.62. The minimum absolute atomic E-state index is 0.761. The highest BCUT2D eigenvalue weighted by atomic mass is 15.3. The van der Waals surface area contributed by atoms with Gasteiger partial charge in [0, 0.05) is 65.1 Å². The molecule has 0 spiro atoms. The van der Waals surface area contributed by atoms with Crippen LogP contribution >= 0.6 is 0 Å². The molecule has 0 aliphatic carbocycles. The van der Waals surface area contributed by atoms with Gasteiger partial charge in [-0.2, -0.15) is 0 Å². The van der Waals surface area contributed by atoms with E-state index in [0.29, 0.717) is 0 Å². The average molecular weight is 346 g/mol. The highest BCUT2D eigenvalue weighted by Gasteiger charge is 2.27. The highest BCUT2D eigenvalue weighted by molar-refractivity contribution is 5.75. The second-order valence-electron chi connectivity index (χ2n) is 7.85. The molecular weight excluding hydrogens is 310 g/mol. The fourth-order valence-corrected chi connectivity index (χ4v) is 4.26. The number of piperazine rings is 1. The summed E-state index contributed by atoms with van der Waals surface area (Å²) >= 11 is 0. The van der Waals surface area contributed by atoms with Gasteiger partial charge in [-0.25, -0.2) is 0 Å². The van der Waals surface area contributed by atoms with Gasteiger partial charge in [-0.1, -0.05) is 6.92 Å². The topological polar surface area (TPSA) is 39.0 Å². The molecule has 140 valence electrons. The van der Waals surface area contributed by atoms with Crippen molar-refractivity contribution >= 4 is 17.1 Å². The van der Waals surface area contributed by atoms with Gasteiger partial charge in [0.05, 0.1) is 11.4 Å². The van der Waals surface area contributed by atoms with E-state index in [-0.39, 0.29) is 0 Å². The minimum atomic E-state index is 0.761. The van der Waals surface area contributed by atoms with E-state index in [2.05, 4.69) is 59.8 Å². The number of hydrogen-bond acceptors (Lipinski definition) is 5. The molecule has 2 N–H and O–H groups in total. The van der Waals surface area contributed by atoms with E-state index in [1.165, 1.54) is 50.3 Å². The van der Waals surface area contributed by atoms with E-state index >= 15 is 0 Å². The molecule has 0 atom stereocenters. The van der Waals surface area contributed by atoms with Crippen LogP contribution in [0.15, 0.2) is 12.1 Å². The SMILES string of the molecule is CCc1cc(N)c(N(C)C)cc1N1CCC(N2CCN(C)CC2)CC1. The maximum absolute atomic E-state index is 6.26. The van der Waals surface area contributed by atoms with Crippen molar-refractivity contribution in [2.24, 2.45) is 0 Å². The molecular formula is C20H35N5. The van der Waals surface area contributed by atoms with E-state index in [1.807, 2.05) is 0 Å². The van der Waals surface area contributed by atoms with Crippen LogP contribution in [0, 0.1) is 0 Å². The Balaban J connectivity index is 1.69. The summed E-state index contributed by atoms with van der Waals surface area (Å²) in [5, 5.41) is 0. The smallest absolute Gasteiger partial charge is 0.0615 e. The van der Waals surface area contributed by atoms with Crippen molar-refractivity contribution in [3.63, 3.8) is 0 Å². The molecule has 3 rings (SSSR count). The quantitative estimate of drug-likeness (QED) is 0.846. The van der Waals surface area contributed by atoms with Crippen LogP contribution in [-0.2, 0) is 6.42 Å². The predicted octanol–water partition coefficient (Wildman–Crippen LogP) is 2.11. The second kappa shape index (κ2) is 7.83. The first-order chi connectivity index (χ1) is 12.0. The molecule has 0 saturated carbocycles. The van der Waals surface area contributed by atoms with Gasteiger partial charge < -0.3 is 20.4 Å². The molecule has 2 saturated heterocycles. The van der Waals surface area contributed by atoms with Gasteiger partial charge in [-0.05, 0) is 44.0 Å². The lowest BCUT2D eigenvalue weighted by Gasteiger charge is -2.43. The van der Waals surface area contributed by atoms with Gasteiger partial charge in [-0.15, -0.1) is 0 Å². The molecule has 25 heavy (non-hydrogen) atoms. The molecule has 0 unspecified atom stereocenters. The van der Waals surface area contributed by atoms with E-state index in [9.17, 15) is 0 Å². The highest BCUT2D eigenvalue weighted by Crippen LogP contribution is 2.34. The molecule has 0 amide bonds. The molecule has 0 radical (unpaired) electrons. The molecule has 2 aliphatic rings. The third-order valence-corrected chi connectivity index (χ3v) is 5.95. The van der Waals surface area contributed by atoms with Crippen LogP contribution in [0.5, 0.6) is 0 Å². The summed E-state index contributed by atoms with van der Waals surface area (Å²) in [6.07, 6.45) is 3.58. The third-order valence-electron chi connectivity index (χ3n) is 5.95. The zero-order valence-corrected chi connectivity index (χ0v) is 16.5. The van der Waals surface area contributed by atoms with Crippen molar-refractivity contribution in [3.8, 4) is 0 Å². The Kier molecular flexibility index (Phi) is 5.74. The maximum Gasteiger partial charge on any atom is 0.0615 e. The number of benzene rings is 1. The van der Waals surface area contributed by atoms with E-state index < -0.39 is 0 Å². The lowest BCUT2D eigenvalue weighted by Crippen LogP contribution is -2.52. The molecule has 2 aliphatic heterocycles. The molecule has 5 nitrogen and oxygen atoms in total. The summed E-state index contributed by atoms with van der Waals surface area (Å²) in [5.74, 6) is 0. The summed E-state index contributed by atoms with van der Waals surface area (Å²) in [4.78, 5) is 9.86. The number of nitrogens with two attached hydrogens (primary N) is 1. The monoisotopic (exact) mass is 345 g/mol. The van der Waals surface area contributed by atoms with Gasteiger partial charge in [-0.3, -0.25) is 4.90 Å². The van der Waals surface area contributed by atoms with Gasteiger partial charge in [0.2, 0.25) is 0 Å². The Labute approximate surface area is 153 Å². The first-order valence-corrected chi connectivity index (χ1v) is 9.76. The number of aryl methyl sites for hydroxylation is 1. The summed E-state index contributed by atoms with van der Waals surface area (Å²) in [6, 6.07) is 5.24. The number of hydrogen-bond donors (Lipinski definition) is 1. The molecule has 5 heteroatoms. The van der Waals surface area contributed by atoms with Crippen LogP contribution in [0.1, 0.15) is 25.3 Å². The third kappa shape index (κ3) is 4.04. The molecule has 1 aromatic carbocycles. The Morgan fingerprint density at radius 1 is 1.04 bits per heavy atom. The van der Waals surface area contributed by atoms with Crippen LogP contribution in [0.2, 0.25) is 0 Å². The van der Waals surface area contributed by atoms with Crippen molar-refractivity contribution in [3.05, 3.63) is 17.7 Å². The minimum Gasteiger partial charge on any atom is -0.397 e. The zero-order valence-electron chi connectivity index (χ0n) is 16.5. The van der Waals surface area contributed by atoms with E-state index in [1.54, 1.807) is 0 Å². The largest absolute Gasteiger partial charge is 0.397 e. The van der Waals surface area contributed by atoms with Crippen LogP contribution in [-0.4, -0.2) is 76.3 Å². The van der Waals surface area contributed by atoms with Gasteiger partial charge in [0.1, 0.15) is 0 Å². The molecule has 0 aromatic heterocycles. The van der Waals surface area contributed by atoms with Crippen LogP contribution < -0.4 is 15.5 Å². The predicted molar refractivity (Wildman–Crippen MR) is 109 cm³/mol. The molecule has 2 fully saturated rings. The summed E-state index contributed by atoms with van der Waals surface area (Å²) < 4.78 is 0. The molecule has 0 bridgehead atoms. The first-order valence-electron chi connectivity index (χ1n) is 9.76. The standard InChI is InChI=1S/C20H35N5/c1-5-16-14-18(21)20(22(2)3)15-19(16)25-8-6-17(7-9-25)24-12-10-23(4)11-13-24/h14-15,17H,5-13,21H2,1-4H3. The molecule has 1 aromatic rings. The van der Waals surface area contributed by atoms with Crippen molar-refractivity contribution in [2.75, 3.05) is 75.9 Å². The van der Waals surface area contributed by atoms with E-state index in [4.69, 9.17) is 5.73 Å². The van der Waals surface area contributed by atoms with Gasteiger partial charge in [0.15, 0.2) is 0 Å². The fraction of sp³-hybridized carbons (Fsp3) is 0.700. The number of rotatable bonds is 4. The maximum atomic E-state index is 6.26. The number of nitrogen functional groups attached to an aromatic ring is 1. The number of nitrogens with zero attached hydrogens (tertiary/aromatic N) is 4. The van der Waals surface area contributed by atoms with Crippen LogP contribution in [0.4, 0.5) is 17.1 Å². The number of piperidine rings is 1. The summed E-state index contributed by atoms with van der Waals surface area (Å²) in [5.41, 5.74) is 11.0. The Morgan fingerprint density at radius 2 is 1.68 bits per heavy atom. The lowest BCUT2D eigenvalue weighted by atomic mass is 9.99. The Hall–Kier alpha value is -1.46. The van der Waals surface area contributed by atoms with Crippen LogP contribution in [0.25, 0.3) is 0 Å². The van der Waals surface area contributed by atoms with Crippen molar-refractivity contribution in [2.45, 2.75) is 32.2 Å². The fourth-order valence-electron chi connectivity index (χ4n) is 4.26. The van der Waals surface area contributed by atoms with Crippen molar-refractivity contribution < 1.29 is 0 Å². The second-order valence-corrected chi connectivity index (χ2v) is 7.85. The zero-order chi connectivity index (χ0) is 18.0. The summed E-state index contributed by atoms with van der Waals surface area (Å²) in [6.45, 7) is 9.42. The normalized spacial score (nSPS) is 20.9. The Bertz CT molecular complexity index is 570.